The molecule has 0 spiro atoms. The van der Waals surface area contributed by atoms with Crippen molar-refractivity contribution in [3.63, 3.8) is 0 Å². The summed E-state index contributed by atoms with van der Waals surface area (Å²) in [6.07, 6.45) is 1.51. The maximum absolute atomic E-state index is 5.73. The molecule has 6 nitrogen and oxygen atoms in total. The van der Waals surface area contributed by atoms with Crippen LogP contribution in [0.15, 0.2) is 59.3 Å². The minimum absolute atomic E-state index is 0.785. The Morgan fingerprint density at radius 3 is 2.76 bits per heavy atom. The van der Waals surface area contributed by atoms with E-state index in [0.29, 0.717) is 0 Å². The zero-order valence-corrected chi connectivity index (χ0v) is 16.8. The van der Waals surface area contributed by atoms with Gasteiger partial charge in [0.25, 0.3) is 0 Å². The van der Waals surface area contributed by atoms with Gasteiger partial charge < -0.3 is 14.5 Å². The number of benzene rings is 2. The molecule has 0 unspecified atom stereocenters. The number of hydrogen-bond donors (Lipinski definition) is 1. The van der Waals surface area contributed by atoms with Crippen molar-refractivity contribution in [2.45, 2.75) is 0 Å². The largest absolute Gasteiger partial charge is 0.443 e. The molecule has 4 aromatic rings. The molecule has 5 rings (SSSR count). The maximum Gasteiger partial charge on any atom is 0.183 e. The highest BCUT2D eigenvalue weighted by Gasteiger charge is 2.15. The number of nitrogens with one attached hydrogen (secondary N) is 1. The highest BCUT2D eigenvalue weighted by molar-refractivity contribution is 7.22. The second-order valence-corrected chi connectivity index (χ2v) is 8.01. The van der Waals surface area contributed by atoms with Crippen molar-refractivity contribution >= 4 is 26.7 Å². The molecule has 1 fully saturated rings. The Balaban J connectivity index is 1.33. The van der Waals surface area contributed by atoms with E-state index >= 15 is 0 Å². The van der Waals surface area contributed by atoms with Crippen molar-refractivity contribution in [3.8, 4) is 22.6 Å². The lowest BCUT2D eigenvalue weighted by molar-refractivity contribution is 0.0398. The minimum Gasteiger partial charge on any atom is -0.443 e. The molecule has 0 aliphatic carbocycles. The number of fused-ring (bicyclic) bond motifs is 1. The Morgan fingerprint density at radius 2 is 1.90 bits per heavy atom. The van der Waals surface area contributed by atoms with E-state index in [1.807, 2.05) is 42.5 Å². The lowest BCUT2D eigenvalue weighted by Crippen LogP contribution is -2.38. The van der Waals surface area contributed by atoms with E-state index in [-0.39, 0.29) is 0 Å². The fourth-order valence-corrected chi connectivity index (χ4v) is 4.47. The second-order valence-electron chi connectivity index (χ2n) is 6.98. The number of thiazole rings is 1. The summed E-state index contributed by atoms with van der Waals surface area (Å²) in [5, 5.41) is 4.41. The van der Waals surface area contributed by atoms with E-state index in [0.717, 1.165) is 77.3 Å². The third-order valence-electron chi connectivity index (χ3n) is 5.07. The third-order valence-corrected chi connectivity index (χ3v) is 6.05. The smallest absolute Gasteiger partial charge is 0.183 e. The molecule has 1 aliphatic heterocycles. The van der Waals surface area contributed by atoms with Gasteiger partial charge in [0.15, 0.2) is 17.3 Å². The van der Waals surface area contributed by atoms with Crippen LogP contribution in [0.25, 0.3) is 32.8 Å². The zero-order valence-electron chi connectivity index (χ0n) is 16.0. The Hall–Kier alpha value is -2.74. The van der Waals surface area contributed by atoms with Crippen molar-refractivity contribution < 1.29 is 9.15 Å². The van der Waals surface area contributed by atoms with Crippen LogP contribution in [-0.4, -0.2) is 54.3 Å². The van der Waals surface area contributed by atoms with Crippen molar-refractivity contribution in [2.75, 3.05) is 44.7 Å². The molecule has 0 amide bonds. The van der Waals surface area contributed by atoms with Crippen LogP contribution in [0.1, 0.15) is 0 Å². The van der Waals surface area contributed by atoms with Crippen LogP contribution in [0.5, 0.6) is 0 Å². The molecule has 2 aromatic carbocycles. The van der Waals surface area contributed by atoms with Gasteiger partial charge in [0.2, 0.25) is 0 Å². The predicted octanol–water partition coefficient (Wildman–Crippen LogP) is 4.36. The van der Waals surface area contributed by atoms with Gasteiger partial charge in [-0.05, 0) is 18.2 Å². The van der Waals surface area contributed by atoms with E-state index in [4.69, 9.17) is 14.1 Å². The normalized spacial score (nSPS) is 15.0. The van der Waals surface area contributed by atoms with Crippen LogP contribution < -0.4 is 5.32 Å². The van der Waals surface area contributed by atoms with E-state index in [9.17, 15) is 0 Å². The summed E-state index contributed by atoms with van der Waals surface area (Å²) in [7, 11) is 0. The van der Waals surface area contributed by atoms with E-state index < -0.39 is 0 Å². The first-order valence-electron chi connectivity index (χ1n) is 9.81. The summed E-state index contributed by atoms with van der Waals surface area (Å²) < 4.78 is 12.3. The Kier molecular flexibility index (Phi) is 5.25. The quantitative estimate of drug-likeness (QED) is 0.513. The summed E-state index contributed by atoms with van der Waals surface area (Å²) in [6.45, 7) is 5.56. The predicted molar refractivity (Wildman–Crippen MR) is 116 cm³/mol. The molecule has 0 saturated carbocycles. The molecule has 1 saturated heterocycles. The highest BCUT2D eigenvalue weighted by Crippen LogP contribution is 2.35. The number of ether oxygens (including phenoxy) is 1. The lowest BCUT2D eigenvalue weighted by Gasteiger charge is -2.26. The van der Waals surface area contributed by atoms with Crippen LogP contribution in [-0.2, 0) is 4.74 Å². The van der Waals surface area contributed by atoms with E-state index in [1.54, 1.807) is 11.3 Å². The summed E-state index contributed by atoms with van der Waals surface area (Å²) in [5.41, 5.74) is 3.91. The summed E-state index contributed by atoms with van der Waals surface area (Å²) >= 11 is 1.67. The fraction of sp³-hybridized carbons (Fsp3) is 0.273. The Morgan fingerprint density at radius 1 is 1.03 bits per heavy atom. The van der Waals surface area contributed by atoms with Crippen LogP contribution in [0.4, 0.5) is 5.13 Å². The lowest BCUT2D eigenvalue weighted by atomic mass is 10.1. The molecule has 1 aliphatic rings. The molecule has 7 heteroatoms. The Labute approximate surface area is 173 Å². The van der Waals surface area contributed by atoms with Crippen LogP contribution >= 0.6 is 11.3 Å². The topological polar surface area (TPSA) is 63.4 Å². The van der Waals surface area contributed by atoms with Gasteiger partial charge in [0.05, 0.1) is 23.4 Å². The van der Waals surface area contributed by atoms with Gasteiger partial charge in [-0.2, -0.15) is 0 Å². The fourth-order valence-electron chi connectivity index (χ4n) is 3.54. The first-order chi connectivity index (χ1) is 14.4. The average Bonchev–Trinajstić information content (AvgIpc) is 3.41. The molecule has 0 bridgehead atoms. The molecular formula is C22H22N4O2S. The number of morpholine rings is 1. The van der Waals surface area contributed by atoms with Crippen molar-refractivity contribution in [1.82, 2.24) is 14.9 Å². The van der Waals surface area contributed by atoms with Crippen LogP contribution in [0.2, 0.25) is 0 Å². The molecule has 0 radical (unpaired) electrons. The van der Waals surface area contributed by atoms with Crippen LogP contribution in [0.3, 0.4) is 0 Å². The van der Waals surface area contributed by atoms with Crippen molar-refractivity contribution in [1.29, 1.82) is 0 Å². The minimum atomic E-state index is 0.785. The van der Waals surface area contributed by atoms with Gasteiger partial charge in [-0.3, -0.25) is 4.90 Å². The van der Waals surface area contributed by atoms with Gasteiger partial charge in [0.1, 0.15) is 5.69 Å². The van der Waals surface area contributed by atoms with Gasteiger partial charge in [0, 0.05) is 37.3 Å². The first-order valence-corrected chi connectivity index (χ1v) is 10.6. The van der Waals surface area contributed by atoms with Gasteiger partial charge in [-0.1, -0.05) is 41.7 Å². The maximum atomic E-state index is 5.73. The molecular weight excluding hydrogens is 384 g/mol. The highest BCUT2D eigenvalue weighted by atomic mass is 32.1. The number of anilines is 1. The zero-order chi connectivity index (χ0) is 19.5. The number of aromatic nitrogens is 2. The van der Waals surface area contributed by atoms with Crippen molar-refractivity contribution in [3.05, 3.63) is 54.9 Å². The number of hydrogen-bond acceptors (Lipinski definition) is 7. The van der Waals surface area contributed by atoms with Gasteiger partial charge >= 0.3 is 0 Å². The van der Waals surface area contributed by atoms with Crippen LogP contribution in [0, 0.1) is 0 Å². The SMILES string of the molecule is c1ccc(-c2ncoc2-c2ccc3nc(NCCN4CCOCC4)sc3c2)cc1. The van der Waals surface area contributed by atoms with Gasteiger partial charge in [-0.15, -0.1) is 0 Å². The number of rotatable bonds is 6. The third kappa shape index (κ3) is 4.03. The second kappa shape index (κ2) is 8.32. The summed E-state index contributed by atoms with van der Waals surface area (Å²) in [5.74, 6) is 0.785. The number of nitrogens with zero attached hydrogens (tertiary/aromatic N) is 3. The molecule has 29 heavy (non-hydrogen) atoms. The number of oxazole rings is 1. The molecule has 1 N–H and O–H groups in total. The molecule has 0 atom stereocenters. The first kappa shape index (κ1) is 18.3. The summed E-state index contributed by atoms with van der Waals surface area (Å²) in [4.78, 5) is 11.6. The standard InChI is InChI=1S/C22H22N4O2S/c1-2-4-16(5-3-1)20-21(28-15-24-20)17-6-7-18-19(14-17)29-22(25-18)23-8-9-26-10-12-27-13-11-26/h1-7,14-15H,8-13H2,(H,23,25). The molecule has 3 heterocycles. The van der Waals surface area contributed by atoms with Gasteiger partial charge in [-0.25, -0.2) is 9.97 Å². The monoisotopic (exact) mass is 406 g/mol. The molecule has 2 aromatic heterocycles. The Bertz CT molecular complexity index is 1090. The van der Waals surface area contributed by atoms with Crippen molar-refractivity contribution in [2.24, 2.45) is 0 Å². The van der Waals surface area contributed by atoms with E-state index in [2.05, 4.69) is 21.3 Å². The van der Waals surface area contributed by atoms with E-state index in [1.165, 1.54) is 6.39 Å². The summed E-state index contributed by atoms with van der Waals surface area (Å²) in [6, 6.07) is 16.3. The molecule has 148 valence electrons. The average molecular weight is 407 g/mol.